The Balaban J connectivity index is 1.82. The average Bonchev–Trinajstić information content (AvgIpc) is 3.11. The Bertz CT molecular complexity index is 1540. The van der Waals surface area contributed by atoms with Crippen molar-refractivity contribution in [3.8, 4) is 0 Å². The molecule has 0 saturated carbocycles. The third kappa shape index (κ3) is 4.62. The van der Waals surface area contributed by atoms with E-state index in [1.54, 1.807) is 0 Å². The van der Waals surface area contributed by atoms with Gasteiger partial charge in [0.05, 0.1) is 20.4 Å². The lowest BCUT2D eigenvalue weighted by atomic mass is 10.1. The fourth-order valence-electron chi connectivity index (χ4n) is 3.70. The van der Waals surface area contributed by atoms with Crippen LogP contribution in [-0.4, -0.2) is 49.9 Å². The number of nitro benzene ring substituents is 2. The van der Waals surface area contributed by atoms with Crippen molar-refractivity contribution >= 4 is 58.1 Å². The lowest BCUT2D eigenvalue weighted by molar-refractivity contribution is -0.385. The second kappa shape index (κ2) is 9.76. The molecule has 0 atom stereocenters. The van der Waals surface area contributed by atoms with E-state index < -0.39 is 56.8 Å². The minimum Gasteiger partial charge on any atom is -0.292 e. The summed E-state index contributed by atoms with van der Waals surface area (Å²) in [5, 5.41) is 23.6. The van der Waals surface area contributed by atoms with E-state index in [2.05, 4.69) is 0 Å². The van der Waals surface area contributed by atoms with Crippen molar-refractivity contribution < 1.29 is 29.0 Å². The third-order valence-corrected chi connectivity index (χ3v) is 5.92. The molecule has 12 nitrogen and oxygen atoms in total. The van der Waals surface area contributed by atoms with E-state index in [-0.39, 0.29) is 26.7 Å². The van der Waals surface area contributed by atoms with Crippen LogP contribution in [0, 0.1) is 20.2 Å². The summed E-state index contributed by atoms with van der Waals surface area (Å²) in [6, 6.07) is 11.7. The molecule has 1 aliphatic rings. The van der Waals surface area contributed by atoms with Crippen LogP contribution in [0.1, 0.15) is 41.4 Å². The van der Waals surface area contributed by atoms with E-state index >= 15 is 0 Å². The van der Waals surface area contributed by atoms with Crippen molar-refractivity contribution in [2.45, 2.75) is 0 Å². The second-order valence-electron chi connectivity index (χ2n) is 7.60. The number of hydrazine groups is 1. The highest BCUT2D eigenvalue weighted by Crippen LogP contribution is 2.33. The van der Waals surface area contributed by atoms with Crippen LogP contribution in [0.4, 0.5) is 11.4 Å². The van der Waals surface area contributed by atoms with Gasteiger partial charge >= 0.3 is 0 Å². The maximum absolute atomic E-state index is 13.5. The quantitative estimate of drug-likeness (QED) is 0.184. The molecular weight excluding hydrogens is 531 g/mol. The average molecular weight is 543 g/mol. The summed E-state index contributed by atoms with van der Waals surface area (Å²) in [5.74, 6) is -4.26. The van der Waals surface area contributed by atoms with Crippen molar-refractivity contribution in [2.24, 2.45) is 0 Å². The monoisotopic (exact) mass is 542 g/mol. The number of nitro groups is 2. The highest BCUT2D eigenvalue weighted by atomic mass is 35.5. The molecule has 0 bridgehead atoms. The van der Waals surface area contributed by atoms with Gasteiger partial charge in [-0.3, -0.25) is 39.4 Å². The molecule has 0 radical (unpaired) electrons. The van der Waals surface area contributed by atoms with Crippen LogP contribution in [-0.2, 0) is 0 Å². The number of hydrogen-bond acceptors (Lipinski definition) is 8. The molecule has 0 aliphatic carbocycles. The summed E-state index contributed by atoms with van der Waals surface area (Å²) < 4.78 is 0. The van der Waals surface area contributed by atoms with Gasteiger partial charge in [-0.2, -0.15) is 5.01 Å². The number of hydrogen-bond donors (Lipinski definition) is 0. The normalized spacial score (nSPS) is 12.3. The smallest absolute Gasteiger partial charge is 0.287 e. The lowest BCUT2D eigenvalue weighted by Gasteiger charge is -2.29. The van der Waals surface area contributed by atoms with Gasteiger partial charge in [0.2, 0.25) is 0 Å². The lowest BCUT2D eigenvalue weighted by Crippen LogP contribution is -2.51. The van der Waals surface area contributed by atoms with E-state index in [0.717, 1.165) is 24.3 Å². The molecule has 186 valence electrons. The third-order valence-electron chi connectivity index (χ3n) is 5.37. The zero-order chi connectivity index (χ0) is 27.0. The summed E-state index contributed by atoms with van der Waals surface area (Å²) in [6.45, 7) is -0.915. The Hall–Kier alpha value is -4.68. The number of rotatable bonds is 7. The predicted octanol–water partition coefficient (Wildman–Crippen LogP) is 4.35. The molecule has 1 heterocycles. The molecule has 0 unspecified atom stereocenters. The number of imide groups is 1. The predicted molar refractivity (Wildman–Crippen MR) is 129 cm³/mol. The zero-order valence-electron chi connectivity index (χ0n) is 18.3. The number of amides is 3. The number of carbonyl (C=O) groups is 4. The molecule has 14 heteroatoms. The van der Waals surface area contributed by atoms with Gasteiger partial charge in [0.25, 0.3) is 29.1 Å². The van der Waals surface area contributed by atoms with Crippen LogP contribution in [0.2, 0.25) is 10.0 Å². The number of benzene rings is 3. The van der Waals surface area contributed by atoms with Crippen LogP contribution >= 0.6 is 23.2 Å². The van der Waals surface area contributed by atoms with Crippen LogP contribution in [0.5, 0.6) is 0 Å². The summed E-state index contributed by atoms with van der Waals surface area (Å²) in [5.41, 5.74) is -2.47. The fraction of sp³-hybridized carbons (Fsp3) is 0.0435. The van der Waals surface area contributed by atoms with Gasteiger partial charge in [-0.15, -0.1) is 0 Å². The first kappa shape index (κ1) is 25.4. The molecule has 37 heavy (non-hydrogen) atoms. The number of nitrogens with zero attached hydrogens (tertiary/aromatic N) is 4. The zero-order valence-corrected chi connectivity index (χ0v) is 19.8. The first-order valence-corrected chi connectivity index (χ1v) is 11.0. The number of fused-ring (bicyclic) bond motifs is 1. The van der Waals surface area contributed by atoms with Crippen molar-refractivity contribution in [3.63, 3.8) is 0 Å². The summed E-state index contributed by atoms with van der Waals surface area (Å²) in [6.07, 6.45) is 0. The number of ketones is 1. The molecule has 0 spiro atoms. The van der Waals surface area contributed by atoms with Gasteiger partial charge in [0.1, 0.15) is 12.1 Å². The summed E-state index contributed by atoms with van der Waals surface area (Å²) >= 11 is 12.0. The number of carbonyl (C=O) groups excluding carboxylic acids is 4. The Morgan fingerprint density at radius 2 is 1.59 bits per heavy atom. The van der Waals surface area contributed by atoms with Gasteiger partial charge in [0, 0.05) is 34.3 Å². The first-order chi connectivity index (χ1) is 17.5. The number of non-ortho nitro benzene ring substituents is 1. The maximum atomic E-state index is 13.5. The molecule has 0 fully saturated rings. The van der Waals surface area contributed by atoms with Crippen molar-refractivity contribution in [1.29, 1.82) is 0 Å². The van der Waals surface area contributed by atoms with E-state index in [1.165, 1.54) is 36.4 Å². The number of halogens is 2. The largest absolute Gasteiger partial charge is 0.292 e. The van der Waals surface area contributed by atoms with Gasteiger partial charge in [-0.1, -0.05) is 35.3 Å². The minimum absolute atomic E-state index is 0.0711. The fourth-order valence-corrected chi connectivity index (χ4v) is 4.21. The minimum atomic E-state index is -1.22. The SMILES string of the molecule is O=C(CN(C(=O)c1cccc([N+](=O)[O-])c1)N1C(=O)c2cccc([N+](=O)[O-])c2C1=O)c1ccc(Cl)cc1Cl. The summed E-state index contributed by atoms with van der Waals surface area (Å²) in [7, 11) is 0. The van der Waals surface area contributed by atoms with Crippen LogP contribution in [0.3, 0.4) is 0 Å². The molecule has 0 aromatic heterocycles. The molecule has 3 amide bonds. The molecule has 3 aromatic rings. The maximum Gasteiger partial charge on any atom is 0.287 e. The van der Waals surface area contributed by atoms with Crippen LogP contribution in [0.25, 0.3) is 0 Å². The van der Waals surface area contributed by atoms with E-state index in [1.807, 2.05) is 0 Å². The molecule has 0 N–H and O–H groups in total. The topological polar surface area (TPSA) is 161 Å². The standard InChI is InChI=1S/C23H12Cl2N4O8/c24-13-7-8-15(17(25)10-13)19(30)11-26(21(31)12-3-1-4-14(9-12)28(34)35)27-22(32)16-5-2-6-18(29(36)37)20(16)23(27)33/h1-10H,11H2. The molecule has 4 rings (SSSR count). The van der Waals surface area contributed by atoms with Crippen LogP contribution in [0.15, 0.2) is 60.7 Å². The Labute approximate surface area is 216 Å². The molecule has 0 saturated heterocycles. The van der Waals surface area contributed by atoms with Gasteiger partial charge < -0.3 is 0 Å². The van der Waals surface area contributed by atoms with Crippen molar-refractivity contribution in [1.82, 2.24) is 10.0 Å². The van der Waals surface area contributed by atoms with E-state index in [0.29, 0.717) is 10.0 Å². The molecule has 1 aliphatic heterocycles. The summed E-state index contributed by atoms with van der Waals surface area (Å²) in [4.78, 5) is 74.1. The van der Waals surface area contributed by atoms with Crippen LogP contribution < -0.4 is 0 Å². The Kier molecular flexibility index (Phi) is 6.70. The van der Waals surface area contributed by atoms with Gasteiger partial charge in [-0.05, 0) is 30.3 Å². The van der Waals surface area contributed by atoms with Gasteiger partial charge in [0.15, 0.2) is 5.78 Å². The number of Topliss-reactive ketones (excluding diaryl/α,β-unsaturated/α-hetero) is 1. The van der Waals surface area contributed by atoms with E-state index in [4.69, 9.17) is 23.2 Å². The highest BCUT2D eigenvalue weighted by Gasteiger charge is 2.46. The first-order valence-electron chi connectivity index (χ1n) is 10.2. The second-order valence-corrected chi connectivity index (χ2v) is 8.44. The van der Waals surface area contributed by atoms with Crippen molar-refractivity contribution in [2.75, 3.05) is 6.54 Å². The Morgan fingerprint density at radius 3 is 2.24 bits per heavy atom. The highest BCUT2D eigenvalue weighted by molar-refractivity contribution is 6.37. The van der Waals surface area contributed by atoms with Crippen molar-refractivity contribution in [3.05, 3.63) is 113 Å². The van der Waals surface area contributed by atoms with Gasteiger partial charge in [-0.25, -0.2) is 5.01 Å². The van der Waals surface area contributed by atoms with E-state index in [9.17, 15) is 39.4 Å². The Morgan fingerprint density at radius 1 is 0.892 bits per heavy atom. The molecule has 3 aromatic carbocycles. The molecular formula is C23H12Cl2N4O8.